The number of imide groups is 1. The second kappa shape index (κ2) is 6.20. The molecule has 0 fully saturated rings. The molecule has 2 aromatic rings. The van der Waals surface area contributed by atoms with Crippen LogP contribution in [0.1, 0.15) is 27.6 Å². The molecule has 1 aliphatic heterocycles. The number of carbonyl (C=O) groups is 4. The van der Waals surface area contributed by atoms with Crippen molar-refractivity contribution in [2.45, 2.75) is 6.92 Å². The predicted molar refractivity (Wildman–Crippen MR) is 90.4 cm³/mol. The topological polar surface area (TPSA) is 104 Å². The lowest BCUT2D eigenvalue weighted by molar-refractivity contribution is -0.131. The number of hydrogen-bond donors (Lipinski definition) is 2. The number of amides is 3. The molecule has 0 aliphatic carbocycles. The molecule has 0 saturated heterocycles. The lowest BCUT2D eigenvalue weighted by Crippen LogP contribution is -2.40. The van der Waals surface area contributed by atoms with Crippen molar-refractivity contribution in [2.75, 3.05) is 11.9 Å². The Labute approximate surface area is 142 Å². The number of hydrogen-bond acceptors (Lipinski definition) is 4. The minimum Gasteiger partial charge on any atom is -0.478 e. The van der Waals surface area contributed by atoms with E-state index in [4.69, 9.17) is 5.11 Å². The smallest absolute Gasteiger partial charge is 0.328 e. The molecular weight excluding hydrogens is 324 g/mol. The Kier molecular flexibility index (Phi) is 4.06. The van der Waals surface area contributed by atoms with E-state index in [-0.39, 0.29) is 18.4 Å². The molecule has 0 aromatic heterocycles. The maximum Gasteiger partial charge on any atom is 0.328 e. The molecule has 3 amide bonds. The highest BCUT2D eigenvalue weighted by Gasteiger charge is 2.32. The average molecular weight is 338 g/mol. The van der Waals surface area contributed by atoms with Gasteiger partial charge >= 0.3 is 5.97 Å². The first-order valence-electron chi connectivity index (χ1n) is 7.58. The van der Waals surface area contributed by atoms with Crippen molar-refractivity contribution in [3.63, 3.8) is 0 Å². The molecule has 2 aromatic carbocycles. The molecule has 0 saturated carbocycles. The van der Waals surface area contributed by atoms with Crippen molar-refractivity contribution >= 4 is 40.2 Å². The van der Waals surface area contributed by atoms with Crippen LogP contribution in [0.3, 0.4) is 0 Å². The summed E-state index contributed by atoms with van der Waals surface area (Å²) in [5, 5.41) is 12.2. The van der Waals surface area contributed by atoms with Crippen molar-refractivity contribution < 1.29 is 24.3 Å². The van der Waals surface area contributed by atoms with Crippen LogP contribution in [0.2, 0.25) is 0 Å². The zero-order valence-corrected chi connectivity index (χ0v) is 13.3. The first-order valence-corrected chi connectivity index (χ1v) is 7.58. The standard InChI is InChI=1S/C18H14N2O5/c1-2-20-17(24)11-5-3-4-10-13(19-14(21)8-9-15(22)23)7-6-12(16(10)11)18(20)25/h3-9H,2H2,1H3,(H,19,21)(H,22,23)/b9-8-. The number of carbonyl (C=O) groups excluding carboxylic acids is 3. The summed E-state index contributed by atoms with van der Waals surface area (Å²) in [6.07, 6.45) is 1.62. The predicted octanol–water partition coefficient (Wildman–Crippen LogP) is 2.04. The second-order valence-electron chi connectivity index (χ2n) is 5.40. The lowest BCUT2D eigenvalue weighted by atomic mass is 9.93. The van der Waals surface area contributed by atoms with Crippen molar-refractivity contribution in [3.05, 3.63) is 53.6 Å². The number of aliphatic carboxylic acids is 1. The van der Waals surface area contributed by atoms with Crippen molar-refractivity contribution in [1.82, 2.24) is 4.90 Å². The summed E-state index contributed by atoms with van der Waals surface area (Å²) in [4.78, 5) is 48.5. The van der Waals surface area contributed by atoms with Crippen LogP contribution < -0.4 is 5.32 Å². The van der Waals surface area contributed by atoms with E-state index in [0.29, 0.717) is 27.6 Å². The van der Waals surface area contributed by atoms with Crippen LogP contribution in [0.5, 0.6) is 0 Å². The quantitative estimate of drug-likeness (QED) is 0.656. The molecule has 0 atom stereocenters. The molecule has 7 heteroatoms. The maximum atomic E-state index is 12.5. The van der Waals surface area contributed by atoms with E-state index in [1.54, 1.807) is 37.3 Å². The van der Waals surface area contributed by atoms with Gasteiger partial charge in [0.1, 0.15) is 0 Å². The van der Waals surface area contributed by atoms with Gasteiger partial charge in [-0.25, -0.2) is 4.79 Å². The van der Waals surface area contributed by atoms with Gasteiger partial charge in [-0.05, 0) is 25.1 Å². The summed E-state index contributed by atoms with van der Waals surface area (Å²) in [5.74, 6) is -2.60. The molecule has 3 rings (SSSR count). The van der Waals surface area contributed by atoms with Gasteiger partial charge in [-0.3, -0.25) is 19.3 Å². The molecule has 2 N–H and O–H groups in total. The van der Waals surface area contributed by atoms with Gasteiger partial charge in [-0.1, -0.05) is 12.1 Å². The summed E-state index contributed by atoms with van der Waals surface area (Å²) in [5.41, 5.74) is 1.18. The highest BCUT2D eigenvalue weighted by Crippen LogP contribution is 2.34. The number of nitrogens with zero attached hydrogens (tertiary/aromatic N) is 1. The van der Waals surface area contributed by atoms with Gasteiger partial charge in [-0.2, -0.15) is 0 Å². The highest BCUT2D eigenvalue weighted by molar-refractivity contribution is 6.27. The fraction of sp³-hybridized carbons (Fsp3) is 0.111. The normalized spacial score (nSPS) is 13.6. The summed E-state index contributed by atoms with van der Waals surface area (Å²) < 4.78 is 0. The monoisotopic (exact) mass is 338 g/mol. The fourth-order valence-electron chi connectivity index (χ4n) is 2.86. The maximum absolute atomic E-state index is 12.5. The van der Waals surface area contributed by atoms with E-state index in [1.165, 1.54) is 4.90 Å². The lowest BCUT2D eigenvalue weighted by Gasteiger charge is -2.26. The number of carboxylic acid groups (broad SMARTS) is 1. The van der Waals surface area contributed by atoms with Crippen LogP contribution in [0.25, 0.3) is 10.8 Å². The van der Waals surface area contributed by atoms with Crippen LogP contribution in [0, 0.1) is 0 Å². The highest BCUT2D eigenvalue weighted by atomic mass is 16.4. The Hall–Kier alpha value is -3.48. The van der Waals surface area contributed by atoms with E-state index in [2.05, 4.69) is 5.32 Å². The van der Waals surface area contributed by atoms with Gasteiger partial charge in [-0.15, -0.1) is 0 Å². The molecule has 1 heterocycles. The Balaban J connectivity index is 2.11. The molecule has 126 valence electrons. The largest absolute Gasteiger partial charge is 0.478 e. The first kappa shape index (κ1) is 16.4. The number of carboxylic acids is 1. The molecule has 7 nitrogen and oxygen atoms in total. The summed E-state index contributed by atoms with van der Waals surface area (Å²) in [6.45, 7) is 2.00. The molecular formula is C18H14N2O5. The second-order valence-corrected chi connectivity index (χ2v) is 5.40. The van der Waals surface area contributed by atoms with Crippen LogP contribution in [-0.2, 0) is 9.59 Å². The summed E-state index contributed by atoms with van der Waals surface area (Å²) in [6, 6.07) is 8.13. The van der Waals surface area contributed by atoms with E-state index < -0.39 is 11.9 Å². The van der Waals surface area contributed by atoms with Gasteiger partial charge in [0.05, 0.1) is 0 Å². The molecule has 0 bridgehead atoms. The third-order valence-electron chi connectivity index (χ3n) is 3.94. The Morgan fingerprint density at radius 1 is 1.08 bits per heavy atom. The first-order chi connectivity index (χ1) is 11.9. The van der Waals surface area contributed by atoms with E-state index in [9.17, 15) is 19.2 Å². The Morgan fingerprint density at radius 3 is 2.40 bits per heavy atom. The summed E-state index contributed by atoms with van der Waals surface area (Å²) in [7, 11) is 0. The minimum absolute atomic E-state index is 0.270. The molecule has 0 spiro atoms. The van der Waals surface area contributed by atoms with E-state index in [1.807, 2.05) is 0 Å². The van der Waals surface area contributed by atoms with Crippen LogP contribution in [0.4, 0.5) is 5.69 Å². The van der Waals surface area contributed by atoms with Crippen LogP contribution in [-0.4, -0.2) is 40.2 Å². The van der Waals surface area contributed by atoms with Gasteiger partial charge < -0.3 is 10.4 Å². The van der Waals surface area contributed by atoms with Crippen molar-refractivity contribution in [1.29, 1.82) is 0 Å². The number of anilines is 1. The Morgan fingerprint density at radius 2 is 1.76 bits per heavy atom. The third-order valence-corrected chi connectivity index (χ3v) is 3.94. The molecule has 0 unspecified atom stereocenters. The third kappa shape index (κ3) is 2.76. The molecule has 1 aliphatic rings. The van der Waals surface area contributed by atoms with Gasteiger partial charge in [0, 0.05) is 46.3 Å². The van der Waals surface area contributed by atoms with Gasteiger partial charge in [0.2, 0.25) is 5.91 Å². The van der Waals surface area contributed by atoms with Gasteiger partial charge in [0.15, 0.2) is 0 Å². The fourth-order valence-corrected chi connectivity index (χ4v) is 2.86. The number of nitrogens with one attached hydrogen (secondary N) is 1. The van der Waals surface area contributed by atoms with Crippen molar-refractivity contribution in [2.24, 2.45) is 0 Å². The average Bonchev–Trinajstić information content (AvgIpc) is 2.59. The van der Waals surface area contributed by atoms with Crippen LogP contribution in [0.15, 0.2) is 42.5 Å². The zero-order valence-electron chi connectivity index (χ0n) is 13.3. The van der Waals surface area contributed by atoms with Gasteiger partial charge in [0.25, 0.3) is 11.8 Å². The summed E-state index contributed by atoms with van der Waals surface area (Å²) >= 11 is 0. The SMILES string of the molecule is CCN1C(=O)c2cccc3c(NC(=O)/C=C\C(=O)O)ccc(c23)C1=O. The van der Waals surface area contributed by atoms with E-state index in [0.717, 1.165) is 12.2 Å². The minimum atomic E-state index is -1.23. The van der Waals surface area contributed by atoms with Crippen molar-refractivity contribution in [3.8, 4) is 0 Å². The number of rotatable bonds is 4. The Bertz CT molecular complexity index is 939. The molecule has 25 heavy (non-hydrogen) atoms. The number of benzene rings is 2. The van der Waals surface area contributed by atoms with E-state index >= 15 is 0 Å². The molecule has 0 radical (unpaired) electrons. The zero-order chi connectivity index (χ0) is 18.1. The van der Waals surface area contributed by atoms with Crippen LogP contribution >= 0.6 is 0 Å².